The molecule has 0 bridgehead atoms. The fourth-order valence-corrected chi connectivity index (χ4v) is 2.74. The van der Waals surface area contributed by atoms with Crippen LogP contribution in [0.4, 0.5) is 0 Å². The van der Waals surface area contributed by atoms with E-state index in [9.17, 15) is 9.59 Å². The van der Waals surface area contributed by atoms with Gasteiger partial charge in [0.1, 0.15) is 5.69 Å². The van der Waals surface area contributed by atoms with Gasteiger partial charge in [-0.1, -0.05) is 56.5 Å². The highest BCUT2D eigenvalue weighted by atomic mass is 16.2. The van der Waals surface area contributed by atoms with Crippen LogP contribution in [0.5, 0.6) is 0 Å². The van der Waals surface area contributed by atoms with Crippen molar-refractivity contribution in [1.29, 1.82) is 0 Å². The van der Waals surface area contributed by atoms with Crippen molar-refractivity contribution in [1.82, 2.24) is 20.2 Å². The zero-order chi connectivity index (χ0) is 19.3. The fraction of sp³-hybridized carbons (Fsp3) is 0.429. The van der Waals surface area contributed by atoms with Gasteiger partial charge in [-0.3, -0.25) is 14.6 Å². The molecule has 1 aromatic carbocycles. The van der Waals surface area contributed by atoms with Crippen molar-refractivity contribution in [3.8, 4) is 0 Å². The molecular formula is C21H28N4O2. The van der Waals surface area contributed by atoms with Crippen molar-refractivity contribution in [2.45, 2.75) is 45.6 Å². The number of rotatable bonds is 11. The summed E-state index contributed by atoms with van der Waals surface area (Å²) in [4.78, 5) is 34.6. The number of amides is 2. The van der Waals surface area contributed by atoms with Gasteiger partial charge in [0.05, 0.1) is 6.20 Å². The Hall–Kier alpha value is -2.76. The lowest BCUT2D eigenvalue weighted by atomic mass is 10.2. The summed E-state index contributed by atoms with van der Waals surface area (Å²) in [5, 5.41) is 2.90. The van der Waals surface area contributed by atoms with Gasteiger partial charge in [-0.2, -0.15) is 0 Å². The second-order valence-corrected chi connectivity index (χ2v) is 6.46. The van der Waals surface area contributed by atoms with Crippen LogP contribution in [-0.4, -0.2) is 39.8 Å². The molecule has 6 heteroatoms. The summed E-state index contributed by atoms with van der Waals surface area (Å²) in [7, 11) is 0. The van der Waals surface area contributed by atoms with E-state index in [4.69, 9.17) is 0 Å². The SMILES string of the molecule is CCCCCCN(CCC(=O)NCc1ccccc1)C(=O)c1cnccn1. The maximum absolute atomic E-state index is 12.7. The highest BCUT2D eigenvalue weighted by molar-refractivity contribution is 5.92. The summed E-state index contributed by atoms with van der Waals surface area (Å²) in [5.74, 6) is -0.236. The average molecular weight is 368 g/mol. The molecule has 6 nitrogen and oxygen atoms in total. The first-order chi connectivity index (χ1) is 13.2. The van der Waals surface area contributed by atoms with Crippen molar-refractivity contribution < 1.29 is 9.59 Å². The van der Waals surface area contributed by atoms with Crippen LogP contribution < -0.4 is 5.32 Å². The lowest BCUT2D eigenvalue weighted by Crippen LogP contribution is -2.36. The molecule has 0 saturated heterocycles. The molecule has 0 aliphatic rings. The molecule has 0 spiro atoms. The van der Waals surface area contributed by atoms with Crippen molar-refractivity contribution in [2.24, 2.45) is 0 Å². The molecule has 0 fully saturated rings. The molecule has 0 atom stereocenters. The molecule has 0 aliphatic heterocycles. The molecular weight excluding hydrogens is 340 g/mol. The maximum Gasteiger partial charge on any atom is 0.274 e. The van der Waals surface area contributed by atoms with E-state index < -0.39 is 0 Å². The molecule has 27 heavy (non-hydrogen) atoms. The minimum atomic E-state index is -0.171. The molecule has 1 N–H and O–H groups in total. The Kier molecular flexibility index (Phi) is 8.96. The van der Waals surface area contributed by atoms with Gasteiger partial charge >= 0.3 is 0 Å². The molecule has 1 heterocycles. The molecule has 0 radical (unpaired) electrons. The number of hydrogen-bond acceptors (Lipinski definition) is 4. The maximum atomic E-state index is 12.7. The van der Waals surface area contributed by atoms with Crippen LogP contribution in [0.1, 0.15) is 55.1 Å². The second-order valence-electron chi connectivity index (χ2n) is 6.46. The van der Waals surface area contributed by atoms with E-state index in [0.29, 0.717) is 25.3 Å². The number of hydrogen-bond donors (Lipinski definition) is 1. The predicted octanol–water partition coefficient (Wildman–Crippen LogP) is 3.21. The largest absolute Gasteiger partial charge is 0.352 e. The van der Waals surface area contributed by atoms with Crippen molar-refractivity contribution >= 4 is 11.8 Å². The number of carbonyl (C=O) groups is 2. The number of benzene rings is 1. The number of aromatic nitrogens is 2. The third-order valence-corrected chi connectivity index (χ3v) is 4.29. The predicted molar refractivity (Wildman–Crippen MR) is 105 cm³/mol. The van der Waals surface area contributed by atoms with Crippen molar-refractivity contribution in [3.05, 3.63) is 60.2 Å². The van der Waals surface area contributed by atoms with E-state index in [1.165, 1.54) is 12.4 Å². The first-order valence-corrected chi connectivity index (χ1v) is 9.56. The summed E-state index contributed by atoms with van der Waals surface area (Å²) >= 11 is 0. The van der Waals surface area contributed by atoms with Crippen molar-refractivity contribution in [2.75, 3.05) is 13.1 Å². The molecule has 2 aromatic rings. The molecule has 0 unspecified atom stereocenters. The Labute approximate surface area is 161 Å². The lowest BCUT2D eigenvalue weighted by Gasteiger charge is -2.22. The van der Waals surface area contributed by atoms with E-state index in [-0.39, 0.29) is 18.2 Å². The minimum absolute atomic E-state index is 0.0654. The Morgan fingerprint density at radius 3 is 2.56 bits per heavy atom. The Morgan fingerprint density at radius 1 is 1.04 bits per heavy atom. The third-order valence-electron chi connectivity index (χ3n) is 4.29. The molecule has 144 valence electrons. The fourth-order valence-electron chi connectivity index (χ4n) is 2.74. The first-order valence-electron chi connectivity index (χ1n) is 9.56. The Bertz CT molecular complexity index is 692. The van der Waals surface area contributed by atoms with Crippen LogP contribution >= 0.6 is 0 Å². The van der Waals surface area contributed by atoms with Crippen LogP contribution in [0.15, 0.2) is 48.9 Å². The van der Waals surface area contributed by atoms with Crippen LogP contribution in [0, 0.1) is 0 Å². The smallest absolute Gasteiger partial charge is 0.274 e. The highest BCUT2D eigenvalue weighted by Crippen LogP contribution is 2.07. The monoisotopic (exact) mass is 368 g/mol. The molecule has 1 aromatic heterocycles. The zero-order valence-electron chi connectivity index (χ0n) is 15.9. The molecule has 0 saturated carbocycles. The van der Waals surface area contributed by atoms with Gasteiger partial charge in [0, 0.05) is 38.4 Å². The molecule has 0 aliphatic carbocycles. The zero-order valence-corrected chi connectivity index (χ0v) is 15.9. The summed E-state index contributed by atoms with van der Waals surface area (Å²) in [5.41, 5.74) is 1.37. The average Bonchev–Trinajstić information content (AvgIpc) is 2.72. The van der Waals surface area contributed by atoms with Crippen LogP contribution in [-0.2, 0) is 11.3 Å². The van der Waals surface area contributed by atoms with Gasteiger partial charge in [0.25, 0.3) is 5.91 Å². The molecule has 2 rings (SSSR count). The Balaban J connectivity index is 1.86. The second kappa shape index (κ2) is 11.8. The number of unbranched alkanes of at least 4 members (excludes halogenated alkanes) is 3. The van der Waals surface area contributed by atoms with Gasteiger partial charge in [-0.15, -0.1) is 0 Å². The van der Waals surface area contributed by atoms with Crippen LogP contribution in [0.2, 0.25) is 0 Å². The van der Waals surface area contributed by atoms with Gasteiger partial charge in [0.15, 0.2) is 0 Å². The van der Waals surface area contributed by atoms with E-state index in [1.54, 1.807) is 11.1 Å². The number of carbonyl (C=O) groups excluding carboxylic acids is 2. The quantitative estimate of drug-likeness (QED) is 0.618. The normalized spacial score (nSPS) is 10.4. The van der Waals surface area contributed by atoms with E-state index in [0.717, 1.165) is 31.2 Å². The summed E-state index contributed by atoms with van der Waals surface area (Å²) in [6, 6.07) is 9.77. The molecule has 2 amide bonds. The number of nitrogens with zero attached hydrogens (tertiary/aromatic N) is 3. The highest BCUT2D eigenvalue weighted by Gasteiger charge is 2.18. The van der Waals surface area contributed by atoms with Crippen molar-refractivity contribution in [3.63, 3.8) is 0 Å². The van der Waals surface area contributed by atoms with Gasteiger partial charge in [0.2, 0.25) is 5.91 Å². The van der Waals surface area contributed by atoms with Crippen LogP contribution in [0.3, 0.4) is 0 Å². The minimum Gasteiger partial charge on any atom is -0.352 e. The summed E-state index contributed by atoms with van der Waals surface area (Å²) < 4.78 is 0. The third kappa shape index (κ3) is 7.56. The lowest BCUT2D eigenvalue weighted by molar-refractivity contribution is -0.121. The summed E-state index contributed by atoms with van der Waals surface area (Å²) in [6.45, 7) is 3.65. The van der Waals surface area contributed by atoms with Gasteiger partial charge in [-0.05, 0) is 12.0 Å². The van der Waals surface area contributed by atoms with E-state index >= 15 is 0 Å². The standard InChI is InChI=1S/C21H28N4O2/c1-2-3-4-8-14-25(21(27)19-17-22-12-13-23-19)15-11-20(26)24-16-18-9-6-5-7-10-18/h5-7,9-10,12-13,17H,2-4,8,11,14-16H2,1H3,(H,24,26). The number of nitrogens with one attached hydrogen (secondary N) is 1. The Morgan fingerprint density at radius 2 is 1.85 bits per heavy atom. The van der Waals surface area contributed by atoms with Gasteiger partial charge < -0.3 is 10.2 Å². The summed E-state index contributed by atoms with van der Waals surface area (Å²) in [6.07, 6.45) is 9.06. The topological polar surface area (TPSA) is 75.2 Å². The van der Waals surface area contributed by atoms with E-state index in [1.807, 2.05) is 30.3 Å². The van der Waals surface area contributed by atoms with Gasteiger partial charge in [-0.25, -0.2) is 4.98 Å². The van der Waals surface area contributed by atoms with Crippen LogP contribution in [0.25, 0.3) is 0 Å². The first kappa shape index (κ1) is 20.6. The van der Waals surface area contributed by atoms with E-state index in [2.05, 4.69) is 22.2 Å².